The number of hydrogen-bond acceptors (Lipinski definition) is 6. The van der Waals surface area contributed by atoms with E-state index in [4.69, 9.17) is 0 Å². The van der Waals surface area contributed by atoms with Gasteiger partial charge in [-0.15, -0.1) is 68.0 Å². The summed E-state index contributed by atoms with van der Waals surface area (Å²) in [6.45, 7) is 0. The van der Waals surface area contributed by atoms with Crippen molar-refractivity contribution in [1.29, 1.82) is 0 Å². The lowest BCUT2D eigenvalue weighted by molar-refractivity contribution is 0.513. The highest BCUT2D eigenvalue weighted by atomic mass is 32.1. The van der Waals surface area contributed by atoms with Crippen LogP contribution in [0.3, 0.4) is 0 Å². The Labute approximate surface area is 281 Å². The van der Waals surface area contributed by atoms with E-state index in [2.05, 4.69) is 59.3 Å². The van der Waals surface area contributed by atoms with Gasteiger partial charge in [-0.05, 0) is 56.6 Å². The Hall–Kier alpha value is -3.64. The Bertz CT molecular complexity index is 2680. The van der Waals surface area contributed by atoms with Crippen molar-refractivity contribution in [1.82, 2.24) is 0 Å². The number of hydrogen-bond donors (Lipinski definition) is 0. The zero-order chi connectivity index (χ0) is 30.8. The summed E-state index contributed by atoms with van der Waals surface area (Å²) in [7, 11) is 0. The first-order chi connectivity index (χ1) is 22.4. The number of rotatable bonds is 3. The summed E-state index contributed by atoms with van der Waals surface area (Å²) >= 11 is 7.76. The minimum absolute atomic E-state index is 0.0852. The van der Waals surface area contributed by atoms with Crippen LogP contribution in [0, 0.1) is 23.3 Å². The largest absolute Gasteiger partial charge is 0.202 e. The third kappa shape index (κ3) is 3.79. The Morgan fingerprint density at radius 1 is 0.348 bits per heavy atom. The van der Waals surface area contributed by atoms with Gasteiger partial charge in [0.05, 0.1) is 19.5 Å². The van der Waals surface area contributed by atoms with Crippen molar-refractivity contribution in [3.8, 4) is 29.3 Å². The molecule has 0 fully saturated rings. The highest BCUT2D eigenvalue weighted by Gasteiger charge is 2.29. The van der Waals surface area contributed by atoms with Crippen LogP contribution in [0.25, 0.3) is 91.2 Å². The van der Waals surface area contributed by atoms with Gasteiger partial charge in [-0.25, -0.2) is 17.6 Å². The number of thiophene rings is 6. The van der Waals surface area contributed by atoms with E-state index in [1.54, 1.807) is 22.7 Å². The quantitative estimate of drug-likeness (QED) is 0.160. The predicted molar refractivity (Wildman–Crippen MR) is 195 cm³/mol. The van der Waals surface area contributed by atoms with Gasteiger partial charge < -0.3 is 0 Å². The third-order valence-corrected chi connectivity index (χ3v) is 15.5. The standard InChI is InChI=1S/C36H14F4S6/c37-25-27(39)35(45-33(25)23-13-17-3-7-19-21(31(17)43-23)5-1-15-9-11-41-29(15)19)36-28(40)26(38)34(46-36)24-14-18-4-8-20-22(32(18)44-24)6-2-16-10-12-42-30(16)20/h1-14H. The molecule has 0 saturated carbocycles. The van der Waals surface area contributed by atoms with Gasteiger partial charge in [-0.3, -0.25) is 0 Å². The maximum Gasteiger partial charge on any atom is 0.179 e. The van der Waals surface area contributed by atoms with Crippen molar-refractivity contribution in [3.63, 3.8) is 0 Å². The molecule has 10 heteroatoms. The molecule has 0 aliphatic rings. The SMILES string of the molecule is Fc1c(-c2cc3ccc4c(ccc5ccsc54)c3s2)sc(-c2sc(-c3cc4ccc5c(ccc6ccsc65)c4s3)c(F)c2F)c1F. The molecule has 0 amide bonds. The number of fused-ring (bicyclic) bond motifs is 10. The molecule has 0 atom stereocenters. The molecule has 6 aromatic heterocycles. The maximum absolute atomic E-state index is 15.6. The van der Waals surface area contributed by atoms with Crippen LogP contribution in [0.2, 0.25) is 0 Å². The minimum Gasteiger partial charge on any atom is -0.202 e. The lowest BCUT2D eigenvalue weighted by atomic mass is 10.1. The van der Waals surface area contributed by atoms with E-state index in [1.807, 2.05) is 24.3 Å². The fraction of sp³-hybridized carbons (Fsp3) is 0. The van der Waals surface area contributed by atoms with Crippen molar-refractivity contribution in [2.24, 2.45) is 0 Å². The molecule has 0 unspecified atom stereocenters. The molecule has 0 aliphatic heterocycles. The molecule has 0 nitrogen and oxygen atoms in total. The second kappa shape index (κ2) is 9.93. The molecule has 6 heterocycles. The van der Waals surface area contributed by atoms with Gasteiger partial charge in [0.25, 0.3) is 0 Å². The van der Waals surface area contributed by atoms with Crippen molar-refractivity contribution in [3.05, 3.63) is 107 Å². The van der Waals surface area contributed by atoms with Crippen LogP contribution in [0.15, 0.2) is 83.6 Å². The van der Waals surface area contributed by atoms with E-state index in [-0.39, 0.29) is 19.5 Å². The minimum atomic E-state index is -1.16. The van der Waals surface area contributed by atoms with E-state index in [1.165, 1.54) is 32.1 Å². The monoisotopic (exact) mass is 714 g/mol. The van der Waals surface area contributed by atoms with Gasteiger partial charge in [0.1, 0.15) is 0 Å². The zero-order valence-electron chi connectivity index (χ0n) is 23.0. The molecule has 0 saturated heterocycles. The summed E-state index contributed by atoms with van der Waals surface area (Å²) in [5.74, 6) is -4.40. The first kappa shape index (κ1) is 27.5. The van der Waals surface area contributed by atoms with E-state index in [0.29, 0.717) is 9.75 Å². The summed E-state index contributed by atoms with van der Waals surface area (Å²) in [5.41, 5.74) is 0. The van der Waals surface area contributed by atoms with Crippen molar-refractivity contribution in [2.45, 2.75) is 0 Å². The van der Waals surface area contributed by atoms with Crippen molar-refractivity contribution >= 4 is 130 Å². The lowest BCUT2D eigenvalue weighted by Crippen LogP contribution is -1.82. The molecule has 10 aromatic rings. The number of benzene rings is 4. The van der Waals surface area contributed by atoms with Crippen LogP contribution in [0.4, 0.5) is 17.6 Å². The molecular formula is C36H14F4S6. The Morgan fingerprint density at radius 2 is 0.717 bits per heavy atom. The van der Waals surface area contributed by atoms with Crippen LogP contribution in [0.5, 0.6) is 0 Å². The van der Waals surface area contributed by atoms with Crippen molar-refractivity contribution < 1.29 is 17.6 Å². The first-order valence-corrected chi connectivity index (χ1v) is 19.1. The fourth-order valence-electron chi connectivity index (χ4n) is 6.28. The van der Waals surface area contributed by atoms with E-state index >= 15 is 17.6 Å². The van der Waals surface area contributed by atoms with Crippen LogP contribution in [-0.4, -0.2) is 0 Å². The molecule has 10 rings (SSSR count). The average Bonchev–Trinajstić information content (AvgIpc) is 3.91. The summed E-state index contributed by atoms with van der Waals surface area (Å²) in [6.07, 6.45) is 0. The van der Waals surface area contributed by atoms with Crippen LogP contribution in [0.1, 0.15) is 0 Å². The smallest absolute Gasteiger partial charge is 0.179 e. The highest BCUT2D eigenvalue weighted by molar-refractivity contribution is 7.31. The first-order valence-electron chi connectivity index (χ1n) is 14.1. The normalized spacial score (nSPS) is 12.3. The average molecular weight is 715 g/mol. The molecular weight excluding hydrogens is 701 g/mol. The topological polar surface area (TPSA) is 0 Å². The van der Waals surface area contributed by atoms with Gasteiger partial charge in [-0.2, -0.15) is 0 Å². The zero-order valence-corrected chi connectivity index (χ0v) is 27.9. The Morgan fingerprint density at radius 3 is 1.15 bits per heavy atom. The highest BCUT2D eigenvalue weighted by Crippen LogP contribution is 2.51. The summed E-state index contributed by atoms with van der Waals surface area (Å²) in [4.78, 5) is 0.818. The number of halogens is 4. The second-order valence-electron chi connectivity index (χ2n) is 11.0. The van der Waals surface area contributed by atoms with Crippen LogP contribution < -0.4 is 0 Å². The van der Waals surface area contributed by atoms with Gasteiger partial charge in [0, 0.05) is 50.1 Å². The molecule has 0 radical (unpaired) electrons. The molecule has 0 N–H and O–H groups in total. The molecule has 4 aromatic carbocycles. The van der Waals surface area contributed by atoms with Gasteiger partial charge in [-0.1, -0.05) is 48.5 Å². The van der Waals surface area contributed by atoms with E-state index in [0.717, 1.165) is 75.2 Å². The lowest BCUT2D eigenvalue weighted by Gasteiger charge is -2.00. The molecule has 0 aliphatic carbocycles. The van der Waals surface area contributed by atoms with Crippen LogP contribution >= 0.6 is 68.0 Å². The molecule has 222 valence electrons. The Kier molecular flexibility index (Phi) is 5.93. The molecule has 0 spiro atoms. The molecule has 0 bridgehead atoms. The second-order valence-corrected chi connectivity index (χ2v) is 16.9. The third-order valence-electron chi connectivity index (χ3n) is 8.43. The maximum atomic E-state index is 15.6. The van der Waals surface area contributed by atoms with Crippen LogP contribution in [-0.2, 0) is 0 Å². The Balaban J connectivity index is 1.09. The van der Waals surface area contributed by atoms with E-state index in [9.17, 15) is 0 Å². The summed E-state index contributed by atoms with van der Waals surface area (Å²) in [5, 5.41) is 12.6. The summed E-state index contributed by atoms with van der Waals surface area (Å²) in [6, 6.07) is 24.3. The summed E-state index contributed by atoms with van der Waals surface area (Å²) < 4.78 is 66.6. The van der Waals surface area contributed by atoms with Gasteiger partial charge in [0.2, 0.25) is 0 Å². The molecule has 46 heavy (non-hydrogen) atoms. The van der Waals surface area contributed by atoms with Gasteiger partial charge >= 0.3 is 0 Å². The van der Waals surface area contributed by atoms with Gasteiger partial charge in [0.15, 0.2) is 23.3 Å². The predicted octanol–water partition coefficient (Wildman–Crippen LogP) is 14.5. The van der Waals surface area contributed by atoms with Crippen molar-refractivity contribution in [2.75, 3.05) is 0 Å². The fourth-order valence-corrected chi connectivity index (χ4v) is 12.9. The van der Waals surface area contributed by atoms with E-state index < -0.39 is 23.3 Å².